The van der Waals surface area contributed by atoms with Gasteiger partial charge < -0.3 is 14.6 Å². The molecule has 0 aliphatic carbocycles. The fraction of sp³-hybridized carbons (Fsp3) is 0.276. The number of ketones is 1. The molecule has 0 fully saturated rings. The number of aliphatic hydroxyl groups is 1. The van der Waals surface area contributed by atoms with E-state index in [-0.39, 0.29) is 34.2 Å². The second-order valence-corrected chi connectivity index (χ2v) is 10.5. The van der Waals surface area contributed by atoms with Gasteiger partial charge in [-0.1, -0.05) is 23.2 Å². The Morgan fingerprint density at radius 1 is 0.949 bits per heavy atom. The Bertz CT molecular complexity index is 1420. The molecular weight excluding hydrogens is 548 g/mol. The van der Waals surface area contributed by atoms with Crippen LogP contribution in [0.3, 0.4) is 0 Å². The number of aryl methyl sites for hydroxylation is 2. The molecule has 0 bridgehead atoms. The normalized spacial score (nSPS) is 12.0. The zero-order valence-electron chi connectivity index (χ0n) is 22.1. The first-order valence-corrected chi connectivity index (χ1v) is 12.7. The smallest absolute Gasteiger partial charge is 0.422 e. The molecule has 0 heterocycles. The van der Waals surface area contributed by atoms with Crippen LogP contribution >= 0.6 is 23.2 Å². The molecule has 3 aromatic rings. The number of carbonyl (C=O) groups is 3. The van der Waals surface area contributed by atoms with E-state index in [9.17, 15) is 23.9 Å². The molecule has 1 atom stereocenters. The molecule has 1 unspecified atom stereocenters. The van der Waals surface area contributed by atoms with Gasteiger partial charge in [0.1, 0.15) is 5.82 Å². The van der Waals surface area contributed by atoms with E-state index >= 15 is 0 Å². The van der Waals surface area contributed by atoms with Crippen molar-refractivity contribution in [2.45, 2.75) is 52.9 Å². The summed E-state index contributed by atoms with van der Waals surface area (Å²) in [5, 5.41) is 10.4. The molecule has 3 rings (SSSR count). The number of hydrogen-bond acceptors (Lipinski definition) is 6. The molecule has 3 aromatic carbocycles. The van der Waals surface area contributed by atoms with Crippen molar-refractivity contribution in [3.63, 3.8) is 0 Å². The van der Waals surface area contributed by atoms with Gasteiger partial charge in [0.15, 0.2) is 5.78 Å². The number of hydrogen-bond donors (Lipinski definition) is 1. The summed E-state index contributed by atoms with van der Waals surface area (Å²) in [6.45, 7) is 7.59. The molecule has 1 N–H and O–H groups in total. The van der Waals surface area contributed by atoms with E-state index in [2.05, 4.69) is 0 Å². The maximum Gasteiger partial charge on any atom is 0.422 e. The third-order valence-electron chi connectivity index (χ3n) is 5.61. The SMILES string of the molecule is Cc1cc(Cl)ccc1C(=O)c1ccc(N(C(=O)OC(C)OC(=O)CC(C)(C)O)c2ccc(F)cc2C)cc1Cl. The van der Waals surface area contributed by atoms with Gasteiger partial charge in [-0.05, 0) is 93.4 Å². The van der Waals surface area contributed by atoms with Gasteiger partial charge in [-0.3, -0.25) is 9.59 Å². The summed E-state index contributed by atoms with van der Waals surface area (Å²) in [7, 11) is 0. The van der Waals surface area contributed by atoms with Crippen molar-refractivity contribution < 1.29 is 33.4 Å². The number of amides is 1. The Hall–Kier alpha value is -3.46. The lowest BCUT2D eigenvalue weighted by molar-refractivity contribution is -0.168. The van der Waals surface area contributed by atoms with Crippen molar-refractivity contribution in [3.8, 4) is 0 Å². The van der Waals surface area contributed by atoms with Crippen LogP contribution in [0.25, 0.3) is 0 Å². The van der Waals surface area contributed by atoms with Crippen LogP contribution in [0.4, 0.5) is 20.6 Å². The van der Waals surface area contributed by atoms with Crippen LogP contribution in [-0.2, 0) is 14.3 Å². The molecule has 7 nitrogen and oxygen atoms in total. The van der Waals surface area contributed by atoms with Crippen molar-refractivity contribution in [3.05, 3.63) is 92.7 Å². The molecule has 206 valence electrons. The van der Waals surface area contributed by atoms with E-state index < -0.39 is 29.8 Å². The van der Waals surface area contributed by atoms with Gasteiger partial charge in [0.05, 0.1) is 28.4 Å². The first kappa shape index (κ1) is 30.1. The first-order valence-electron chi connectivity index (χ1n) is 12.0. The Kier molecular flexibility index (Phi) is 9.38. The van der Waals surface area contributed by atoms with Gasteiger partial charge in [0, 0.05) is 23.1 Å². The largest absolute Gasteiger partial charge is 0.425 e. The molecule has 0 radical (unpaired) electrons. The molecule has 39 heavy (non-hydrogen) atoms. The fourth-order valence-electron chi connectivity index (χ4n) is 3.87. The summed E-state index contributed by atoms with van der Waals surface area (Å²) in [5.41, 5.74) is 0.891. The molecule has 0 aliphatic rings. The van der Waals surface area contributed by atoms with Crippen LogP contribution in [0.5, 0.6) is 0 Å². The highest BCUT2D eigenvalue weighted by atomic mass is 35.5. The standard InChI is InChI=1S/C29H28Cl2FNO6/c1-16-12-19(30)6-9-22(16)27(35)23-10-8-21(14-24(23)31)33(25-11-7-20(32)13-17(25)2)28(36)39-18(3)38-26(34)15-29(4,5)37/h6-14,18,37H,15H2,1-5H3. The molecule has 0 spiro atoms. The molecule has 10 heteroatoms. The van der Waals surface area contributed by atoms with Gasteiger partial charge in [0.2, 0.25) is 6.29 Å². The quantitative estimate of drug-likeness (QED) is 0.172. The number of halogens is 3. The predicted octanol–water partition coefficient (Wildman–Crippen LogP) is 7.31. The van der Waals surface area contributed by atoms with Crippen molar-refractivity contribution in [1.82, 2.24) is 0 Å². The summed E-state index contributed by atoms with van der Waals surface area (Å²) in [4.78, 5) is 39.7. The van der Waals surface area contributed by atoms with Crippen LogP contribution < -0.4 is 4.90 Å². The van der Waals surface area contributed by atoms with E-state index in [0.29, 0.717) is 21.7 Å². The lowest BCUT2D eigenvalue weighted by Gasteiger charge is -2.26. The number of carbonyl (C=O) groups excluding carboxylic acids is 3. The highest BCUT2D eigenvalue weighted by Gasteiger charge is 2.27. The summed E-state index contributed by atoms with van der Waals surface area (Å²) < 4.78 is 24.3. The summed E-state index contributed by atoms with van der Waals surface area (Å²) >= 11 is 12.5. The number of nitrogens with zero attached hydrogens (tertiary/aromatic N) is 1. The van der Waals surface area contributed by atoms with Gasteiger partial charge in [-0.25, -0.2) is 14.1 Å². The zero-order valence-corrected chi connectivity index (χ0v) is 23.6. The van der Waals surface area contributed by atoms with Gasteiger partial charge in [0.25, 0.3) is 0 Å². The fourth-order valence-corrected chi connectivity index (χ4v) is 4.35. The Morgan fingerprint density at radius 2 is 1.62 bits per heavy atom. The van der Waals surface area contributed by atoms with Crippen LogP contribution in [0, 0.1) is 19.7 Å². The lowest BCUT2D eigenvalue weighted by atomic mass is 9.98. The van der Waals surface area contributed by atoms with E-state index in [4.69, 9.17) is 32.7 Å². The number of esters is 1. The minimum absolute atomic E-state index is 0.0640. The van der Waals surface area contributed by atoms with Crippen molar-refractivity contribution in [1.29, 1.82) is 0 Å². The number of benzene rings is 3. The Balaban J connectivity index is 1.95. The summed E-state index contributed by atoms with van der Waals surface area (Å²) in [5.74, 6) is -1.60. The van der Waals surface area contributed by atoms with Crippen LogP contribution in [0.15, 0.2) is 54.6 Å². The van der Waals surface area contributed by atoms with Crippen molar-refractivity contribution in [2.75, 3.05) is 4.90 Å². The molecule has 0 saturated heterocycles. The van der Waals surface area contributed by atoms with Crippen molar-refractivity contribution >= 4 is 52.4 Å². The van der Waals surface area contributed by atoms with E-state index in [1.807, 2.05) is 0 Å². The number of anilines is 2. The van der Waals surface area contributed by atoms with Crippen molar-refractivity contribution in [2.24, 2.45) is 0 Å². The number of ether oxygens (including phenoxy) is 2. The second-order valence-electron chi connectivity index (χ2n) is 9.65. The molecule has 0 aromatic heterocycles. The maximum absolute atomic E-state index is 13.8. The maximum atomic E-state index is 13.8. The molecule has 1 amide bonds. The predicted molar refractivity (Wildman–Crippen MR) is 147 cm³/mol. The second kappa shape index (κ2) is 12.2. The summed E-state index contributed by atoms with van der Waals surface area (Å²) in [6.07, 6.45) is -2.56. The van der Waals surface area contributed by atoms with Gasteiger partial charge >= 0.3 is 12.1 Å². The molecule has 0 aliphatic heterocycles. The lowest BCUT2D eigenvalue weighted by Crippen LogP contribution is -2.33. The number of rotatable bonds is 8. The molecule has 0 saturated carbocycles. The Labute approximate surface area is 236 Å². The Morgan fingerprint density at radius 3 is 2.21 bits per heavy atom. The van der Waals surface area contributed by atoms with E-state index in [0.717, 1.165) is 4.90 Å². The van der Waals surface area contributed by atoms with Crippen LogP contribution in [-0.4, -0.2) is 34.8 Å². The average molecular weight is 576 g/mol. The highest BCUT2D eigenvalue weighted by molar-refractivity contribution is 6.35. The third kappa shape index (κ3) is 7.79. The summed E-state index contributed by atoms with van der Waals surface area (Å²) in [6, 6.07) is 13.1. The minimum Gasteiger partial charge on any atom is -0.425 e. The van der Waals surface area contributed by atoms with Gasteiger partial charge in [-0.2, -0.15) is 0 Å². The average Bonchev–Trinajstić information content (AvgIpc) is 2.79. The monoisotopic (exact) mass is 575 g/mol. The van der Waals surface area contributed by atoms with E-state index in [1.54, 1.807) is 32.0 Å². The zero-order chi connectivity index (χ0) is 29.1. The molecular formula is C29H28Cl2FNO6. The van der Waals surface area contributed by atoms with Crippen LogP contribution in [0.2, 0.25) is 10.0 Å². The van der Waals surface area contributed by atoms with Crippen LogP contribution in [0.1, 0.15) is 54.2 Å². The highest BCUT2D eigenvalue weighted by Crippen LogP contribution is 2.34. The minimum atomic E-state index is -1.31. The first-order chi connectivity index (χ1) is 18.2. The topological polar surface area (TPSA) is 93.1 Å². The van der Waals surface area contributed by atoms with E-state index in [1.165, 1.54) is 57.2 Å². The van der Waals surface area contributed by atoms with Gasteiger partial charge in [-0.15, -0.1) is 0 Å². The third-order valence-corrected chi connectivity index (χ3v) is 6.16.